The van der Waals surface area contributed by atoms with Crippen molar-refractivity contribution in [2.24, 2.45) is 5.41 Å². The van der Waals surface area contributed by atoms with E-state index in [4.69, 9.17) is 19.3 Å². The average Bonchev–Trinajstić information content (AvgIpc) is 3.67. The van der Waals surface area contributed by atoms with Gasteiger partial charge in [0, 0.05) is 30.0 Å². The van der Waals surface area contributed by atoms with E-state index in [0.29, 0.717) is 37.4 Å². The first kappa shape index (κ1) is 36.0. The Morgan fingerprint density at radius 3 is 2.46 bits per heavy atom. The molecule has 3 amide bonds. The molecule has 2 aromatic carbocycles. The van der Waals surface area contributed by atoms with Crippen molar-refractivity contribution < 1.29 is 47.0 Å². The van der Waals surface area contributed by atoms with Gasteiger partial charge in [0.15, 0.2) is 0 Å². The lowest BCUT2D eigenvalue weighted by molar-refractivity contribution is -0.154. The number of alkyl halides is 2. The molecule has 0 aliphatic carbocycles. The van der Waals surface area contributed by atoms with Gasteiger partial charge in [-0.3, -0.25) is 18.9 Å². The molecule has 3 heterocycles. The quantitative estimate of drug-likeness (QED) is 0.267. The smallest absolute Gasteiger partial charge is 0.376 e. The molecular formula is C33H40F2N3O8PS. The number of ether oxygens (including phenoxy) is 2. The second kappa shape index (κ2) is 13.9. The monoisotopic (exact) mass is 707 g/mol. The molecule has 2 aliphatic rings. The Labute approximate surface area is 281 Å². The lowest BCUT2D eigenvalue weighted by Gasteiger charge is -2.39. The standard InChI is InChI=1S/C33H40F2N3O8PS/c1-5-45-23-13-14-38(27(23)30(40)37-15-16-46-24(19-37)20-9-7-6-8-10-20)31(41)28(32(2,3)4)36-29(39)26-18-21-17-22(11-12-25(21)48-26)33(34,35)47(42,43)44/h6-12,17-18,23-24,27-28H,5,13-16,19H2,1-4H3,(H,36,39)(H2,42,43,44)/t23-,24+,27+,28?/m1/s1. The van der Waals surface area contributed by atoms with Crippen molar-refractivity contribution in [3.8, 4) is 0 Å². The molecule has 260 valence electrons. The molecule has 11 nitrogen and oxygen atoms in total. The summed E-state index contributed by atoms with van der Waals surface area (Å²) in [7, 11) is -5.78. The summed E-state index contributed by atoms with van der Waals surface area (Å²) in [6, 6.07) is 12.1. The molecule has 2 fully saturated rings. The van der Waals surface area contributed by atoms with Crippen molar-refractivity contribution in [1.82, 2.24) is 15.1 Å². The van der Waals surface area contributed by atoms with Gasteiger partial charge >= 0.3 is 13.3 Å². The SMILES string of the molecule is CCO[C@@H]1CCN(C(=O)C(NC(=O)c2cc3cc(C(F)(F)P(=O)(O)O)ccc3s2)C(C)(C)C)[C@@H]1C(=O)N1CCO[C@H](c2ccccc2)C1. The Hall–Kier alpha value is -3.26. The van der Waals surface area contributed by atoms with Crippen LogP contribution in [0.1, 0.15) is 61.0 Å². The number of likely N-dealkylation sites (tertiary alicyclic amines) is 1. The van der Waals surface area contributed by atoms with E-state index in [0.717, 1.165) is 29.0 Å². The van der Waals surface area contributed by atoms with Crippen molar-refractivity contribution in [3.05, 3.63) is 70.6 Å². The van der Waals surface area contributed by atoms with E-state index in [1.165, 1.54) is 17.0 Å². The molecule has 0 bridgehead atoms. The van der Waals surface area contributed by atoms with E-state index >= 15 is 0 Å². The van der Waals surface area contributed by atoms with Crippen LogP contribution >= 0.6 is 18.9 Å². The van der Waals surface area contributed by atoms with Crippen molar-refractivity contribution in [2.75, 3.05) is 32.8 Å². The van der Waals surface area contributed by atoms with Gasteiger partial charge in [0.05, 0.1) is 24.1 Å². The zero-order chi connectivity index (χ0) is 35.0. The molecule has 3 aromatic rings. The molecule has 4 atom stereocenters. The highest BCUT2D eigenvalue weighted by Gasteiger charge is 2.51. The van der Waals surface area contributed by atoms with Gasteiger partial charge < -0.3 is 34.4 Å². The maximum absolute atomic E-state index is 14.4. The number of nitrogens with zero attached hydrogens (tertiary/aromatic N) is 2. The topological polar surface area (TPSA) is 146 Å². The molecule has 1 unspecified atom stereocenters. The number of nitrogens with one attached hydrogen (secondary N) is 1. The van der Waals surface area contributed by atoms with Crippen molar-refractivity contribution in [3.63, 3.8) is 0 Å². The molecular weight excluding hydrogens is 667 g/mol. The van der Waals surface area contributed by atoms with Crippen LogP contribution in [0.25, 0.3) is 10.1 Å². The van der Waals surface area contributed by atoms with Gasteiger partial charge in [-0.25, -0.2) is 0 Å². The van der Waals surface area contributed by atoms with E-state index in [1.807, 2.05) is 37.3 Å². The molecule has 1 aromatic heterocycles. The molecule has 0 radical (unpaired) electrons. The van der Waals surface area contributed by atoms with Gasteiger partial charge in [-0.05, 0) is 47.9 Å². The molecule has 0 saturated carbocycles. The number of morpholine rings is 1. The van der Waals surface area contributed by atoms with Crippen LogP contribution < -0.4 is 5.32 Å². The number of hydrogen-bond acceptors (Lipinski definition) is 7. The van der Waals surface area contributed by atoms with Crippen molar-refractivity contribution in [2.45, 2.75) is 64.1 Å². The third kappa shape index (κ3) is 7.34. The molecule has 48 heavy (non-hydrogen) atoms. The lowest BCUT2D eigenvalue weighted by Crippen LogP contribution is -2.60. The third-order valence-electron chi connectivity index (χ3n) is 8.65. The third-order valence-corrected chi connectivity index (χ3v) is 10.8. The summed E-state index contributed by atoms with van der Waals surface area (Å²) < 4.78 is 52.5. The number of halogens is 2. The molecule has 15 heteroatoms. The van der Waals surface area contributed by atoms with Crippen LogP contribution in [-0.2, 0) is 29.3 Å². The Balaban J connectivity index is 1.38. The first-order chi connectivity index (χ1) is 22.5. The van der Waals surface area contributed by atoms with Crippen LogP contribution in [-0.4, -0.2) is 88.3 Å². The fraction of sp³-hybridized carbons (Fsp3) is 0.485. The number of benzene rings is 2. The summed E-state index contributed by atoms with van der Waals surface area (Å²) in [4.78, 5) is 63.6. The Bertz CT molecular complexity index is 1710. The Morgan fingerprint density at radius 1 is 1.10 bits per heavy atom. The number of rotatable bonds is 9. The fourth-order valence-electron chi connectivity index (χ4n) is 6.13. The number of fused-ring (bicyclic) bond motifs is 1. The summed E-state index contributed by atoms with van der Waals surface area (Å²) in [5, 5.41) is 3.01. The van der Waals surface area contributed by atoms with Crippen LogP contribution in [0, 0.1) is 5.41 Å². The van der Waals surface area contributed by atoms with Crippen LogP contribution in [0.2, 0.25) is 0 Å². The minimum Gasteiger partial charge on any atom is -0.376 e. The number of hydrogen-bond donors (Lipinski definition) is 3. The van der Waals surface area contributed by atoms with Crippen molar-refractivity contribution >= 4 is 46.7 Å². The van der Waals surface area contributed by atoms with E-state index in [-0.39, 0.29) is 28.8 Å². The average molecular weight is 708 g/mol. The maximum atomic E-state index is 14.4. The summed E-state index contributed by atoms with van der Waals surface area (Å²) >= 11 is 0.990. The minimum atomic E-state index is -5.78. The predicted octanol–water partition coefficient (Wildman–Crippen LogP) is 4.88. The number of carbonyl (C=O) groups is 3. The normalized spacial score (nSPS) is 21.4. The largest absolute Gasteiger partial charge is 0.399 e. The molecule has 2 aliphatic heterocycles. The first-order valence-electron chi connectivity index (χ1n) is 15.7. The second-order valence-corrected chi connectivity index (χ2v) is 15.8. The zero-order valence-corrected chi connectivity index (χ0v) is 28.8. The zero-order valence-electron chi connectivity index (χ0n) is 27.1. The van der Waals surface area contributed by atoms with Gasteiger partial charge in [0.1, 0.15) is 18.2 Å². The summed E-state index contributed by atoms with van der Waals surface area (Å²) in [6.07, 6.45) is -0.420. The van der Waals surface area contributed by atoms with Gasteiger partial charge in [0.25, 0.3) is 5.91 Å². The van der Waals surface area contributed by atoms with E-state index < -0.39 is 54.2 Å². The van der Waals surface area contributed by atoms with Gasteiger partial charge in [0.2, 0.25) is 11.8 Å². The number of amides is 3. The summed E-state index contributed by atoms with van der Waals surface area (Å²) in [5.41, 5.74) is -5.13. The highest BCUT2D eigenvalue weighted by Crippen LogP contribution is 2.59. The Kier molecular flexibility index (Phi) is 10.5. The molecule has 5 rings (SSSR count). The van der Waals surface area contributed by atoms with E-state index in [1.54, 1.807) is 25.7 Å². The maximum Gasteiger partial charge on any atom is 0.399 e. The number of carbonyl (C=O) groups excluding carboxylic acids is 3. The van der Waals surface area contributed by atoms with Crippen LogP contribution in [0.5, 0.6) is 0 Å². The highest BCUT2D eigenvalue weighted by atomic mass is 32.1. The van der Waals surface area contributed by atoms with Gasteiger partial charge in [-0.1, -0.05) is 57.2 Å². The van der Waals surface area contributed by atoms with Crippen LogP contribution in [0.3, 0.4) is 0 Å². The highest BCUT2D eigenvalue weighted by molar-refractivity contribution is 7.52. The first-order valence-corrected chi connectivity index (χ1v) is 18.1. The lowest BCUT2D eigenvalue weighted by atomic mass is 9.85. The van der Waals surface area contributed by atoms with Crippen LogP contribution in [0.4, 0.5) is 8.78 Å². The Morgan fingerprint density at radius 2 is 1.81 bits per heavy atom. The van der Waals surface area contributed by atoms with E-state index in [2.05, 4.69) is 5.32 Å². The fourth-order valence-corrected chi connectivity index (χ4v) is 7.55. The van der Waals surface area contributed by atoms with Gasteiger partial charge in [-0.15, -0.1) is 11.3 Å². The molecule has 2 saturated heterocycles. The predicted molar refractivity (Wildman–Crippen MR) is 176 cm³/mol. The second-order valence-electron chi connectivity index (χ2n) is 13.0. The number of thiophene rings is 1. The molecule has 0 spiro atoms. The van der Waals surface area contributed by atoms with Crippen molar-refractivity contribution in [1.29, 1.82) is 0 Å². The van der Waals surface area contributed by atoms with E-state index in [9.17, 15) is 27.7 Å². The molecule has 3 N–H and O–H groups in total. The van der Waals surface area contributed by atoms with Crippen LogP contribution in [0.15, 0.2) is 54.6 Å². The summed E-state index contributed by atoms with van der Waals surface area (Å²) in [5.74, 6) is -1.33. The van der Waals surface area contributed by atoms with Gasteiger partial charge in [-0.2, -0.15) is 8.78 Å². The minimum absolute atomic E-state index is 0.116. The summed E-state index contributed by atoms with van der Waals surface area (Å²) in [6.45, 7) is 8.78.